The first-order valence-corrected chi connectivity index (χ1v) is 12.0. The molecule has 1 saturated heterocycles. The van der Waals surface area contributed by atoms with Crippen molar-refractivity contribution in [3.8, 4) is 11.6 Å². The van der Waals surface area contributed by atoms with Crippen molar-refractivity contribution in [1.29, 1.82) is 0 Å². The van der Waals surface area contributed by atoms with Gasteiger partial charge in [0.05, 0.1) is 30.0 Å². The van der Waals surface area contributed by atoms with Gasteiger partial charge in [0.15, 0.2) is 10.8 Å². The molecule has 1 fully saturated rings. The highest BCUT2D eigenvalue weighted by Crippen LogP contribution is 2.34. The largest absolute Gasteiger partial charge is 0.461 e. The molecule has 170 valence electrons. The van der Waals surface area contributed by atoms with E-state index in [1.807, 2.05) is 42.5 Å². The number of pyridine rings is 1. The summed E-state index contributed by atoms with van der Waals surface area (Å²) in [6, 6.07) is 15.3. The second-order valence-corrected chi connectivity index (χ2v) is 8.86. The van der Waals surface area contributed by atoms with Crippen LogP contribution in [0, 0.1) is 0 Å². The Bertz CT molecular complexity index is 1280. The fourth-order valence-electron chi connectivity index (χ4n) is 3.69. The highest BCUT2D eigenvalue weighted by molar-refractivity contribution is 7.22. The van der Waals surface area contributed by atoms with Gasteiger partial charge >= 0.3 is 5.97 Å². The summed E-state index contributed by atoms with van der Waals surface area (Å²) in [5, 5.41) is 2.70. The van der Waals surface area contributed by atoms with Crippen molar-refractivity contribution >= 4 is 43.4 Å². The number of benzene rings is 2. The normalized spacial score (nSPS) is 14.0. The van der Waals surface area contributed by atoms with Crippen LogP contribution < -0.4 is 9.64 Å². The molecule has 0 saturated carbocycles. The van der Waals surface area contributed by atoms with E-state index in [0.717, 1.165) is 65.3 Å². The molecule has 0 radical (unpaired) electrons. The van der Waals surface area contributed by atoms with Gasteiger partial charge in [-0.3, -0.25) is 0 Å². The molecule has 8 heteroatoms. The third-order valence-corrected chi connectivity index (χ3v) is 6.57. The number of esters is 1. The molecule has 5 rings (SSSR count). The van der Waals surface area contributed by atoms with Crippen LogP contribution in [0.5, 0.6) is 11.6 Å². The summed E-state index contributed by atoms with van der Waals surface area (Å²) >= 11 is 1.64. The van der Waals surface area contributed by atoms with Gasteiger partial charge in [0.2, 0.25) is 5.88 Å². The van der Waals surface area contributed by atoms with Gasteiger partial charge in [-0.15, -0.1) is 0 Å². The Hall–Kier alpha value is -3.23. The molecule has 3 heterocycles. The average molecular weight is 464 g/mol. The zero-order valence-corrected chi connectivity index (χ0v) is 19.3. The molecule has 2 aromatic carbocycles. The fraction of sp³-hybridized carbons (Fsp3) is 0.320. The summed E-state index contributed by atoms with van der Waals surface area (Å²) in [5.41, 5.74) is 1.17. The van der Waals surface area contributed by atoms with Gasteiger partial charge in [-0.2, -0.15) is 0 Å². The van der Waals surface area contributed by atoms with Gasteiger partial charge in [-0.1, -0.05) is 42.9 Å². The van der Waals surface area contributed by atoms with Gasteiger partial charge < -0.3 is 19.1 Å². The zero-order valence-electron chi connectivity index (χ0n) is 18.5. The van der Waals surface area contributed by atoms with E-state index in [1.54, 1.807) is 17.4 Å². The van der Waals surface area contributed by atoms with Crippen molar-refractivity contribution in [2.24, 2.45) is 0 Å². The number of morpholine rings is 1. The number of fused-ring (bicyclic) bond motifs is 2. The predicted molar refractivity (Wildman–Crippen MR) is 130 cm³/mol. The molecule has 1 aliphatic rings. The highest BCUT2D eigenvalue weighted by Gasteiger charge is 2.17. The Balaban J connectivity index is 1.44. The smallest absolute Gasteiger partial charge is 0.357 e. The molecule has 33 heavy (non-hydrogen) atoms. The lowest BCUT2D eigenvalue weighted by Crippen LogP contribution is -2.36. The van der Waals surface area contributed by atoms with Gasteiger partial charge in [0, 0.05) is 24.5 Å². The first-order valence-electron chi connectivity index (χ1n) is 11.2. The summed E-state index contributed by atoms with van der Waals surface area (Å²) in [4.78, 5) is 24.0. The maximum absolute atomic E-state index is 12.5. The molecule has 1 aliphatic heterocycles. The van der Waals surface area contributed by atoms with Crippen molar-refractivity contribution in [2.45, 2.75) is 19.8 Å². The van der Waals surface area contributed by atoms with E-state index in [2.05, 4.69) is 16.8 Å². The van der Waals surface area contributed by atoms with Gasteiger partial charge in [-0.05, 0) is 36.1 Å². The maximum Gasteiger partial charge on any atom is 0.357 e. The molecule has 0 N–H and O–H groups in total. The predicted octanol–water partition coefficient (Wildman–Crippen LogP) is 5.43. The second-order valence-electron chi connectivity index (χ2n) is 7.85. The molecule has 0 amide bonds. The number of ether oxygens (including phenoxy) is 3. The summed E-state index contributed by atoms with van der Waals surface area (Å²) in [7, 11) is 0. The van der Waals surface area contributed by atoms with Crippen LogP contribution >= 0.6 is 11.3 Å². The Morgan fingerprint density at radius 2 is 1.97 bits per heavy atom. The first-order chi connectivity index (χ1) is 16.2. The minimum Gasteiger partial charge on any atom is -0.461 e. The number of thiazole rings is 1. The molecular formula is C25H25N3O4S. The summed E-state index contributed by atoms with van der Waals surface area (Å²) in [6.45, 7) is 5.58. The Kier molecular flexibility index (Phi) is 6.37. The third-order valence-electron chi connectivity index (χ3n) is 5.49. The standard InChI is InChI=1S/C25H25N3O4S/c1-2-3-12-31-24(29)21-15-17-6-4-5-7-19(17)23(26-21)32-18-8-9-20-22(16-18)33-25(27-20)28-10-13-30-14-11-28/h4-9,15-16H,2-3,10-14H2,1H3. The highest BCUT2D eigenvalue weighted by atomic mass is 32.1. The second kappa shape index (κ2) is 9.72. The Morgan fingerprint density at radius 1 is 1.12 bits per heavy atom. The Morgan fingerprint density at radius 3 is 2.82 bits per heavy atom. The molecular weight excluding hydrogens is 438 g/mol. The van der Waals surface area contributed by atoms with Gasteiger partial charge in [-0.25, -0.2) is 14.8 Å². The van der Waals surface area contributed by atoms with Crippen LogP contribution in [0.15, 0.2) is 48.5 Å². The molecule has 0 aliphatic carbocycles. The lowest BCUT2D eigenvalue weighted by Gasteiger charge is -2.25. The number of carbonyl (C=O) groups excluding carboxylic acids is 1. The summed E-state index contributed by atoms with van der Waals surface area (Å²) in [5.74, 6) is 0.591. The first kappa shape index (κ1) is 21.6. The van der Waals surface area contributed by atoms with Crippen LogP contribution in [0.2, 0.25) is 0 Å². The van der Waals surface area contributed by atoms with E-state index in [-0.39, 0.29) is 5.69 Å². The molecule has 4 aromatic rings. The van der Waals surface area contributed by atoms with E-state index in [4.69, 9.17) is 19.2 Å². The number of unbranched alkanes of at least 4 members (excludes halogenated alkanes) is 1. The lowest BCUT2D eigenvalue weighted by atomic mass is 10.1. The van der Waals surface area contributed by atoms with Crippen molar-refractivity contribution in [1.82, 2.24) is 9.97 Å². The van der Waals surface area contributed by atoms with Gasteiger partial charge in [0.25, 0.3) is 0 Å². The van der Waals surface area contributed by atoms with E-state index in [1.165, 1.54) is 0 Å². The molecule has 0 unspecified atom stereocenters. The fourth-order valence-corrected chi connectivity index (χ4v) is 4.74. The van der Waals surface area contributed by atoms with Crippen LogP contribution in [0.25, 0.3) is 21.0 Å². The molecule has 2 aromatic heterocycles. The average Bonchev–Trinajstić information content (AvgIpc) is 3.28. The number of rotatable bonds is 7. The number of anilines is 1. The van der Waals surface area contributed by atoms with Crippen molar-refractivity contribution in [2.75, 3.05) is 37.8 Å². The zero-order chi connectivity index (χ0) is 22.6. The topological polar surface area (TPSA) is 73.8 Å². The number of carbonyl (C=O) groups is 1. The van der Waals surface area contributed by atoms with E-state index >= 15 is 0 Å². The van der Waals surface area contributed by atoms with Crippen molar-refractivity contribution in [3.63, 3.8) is 0 Å². The minimum atomic E-state index is -0.438. The van der Waals surface area contributed by atoms with Crippen molar-refractivity contribution < 1.29 is 19.0 Å². The number of nitrogens with zero attached hydrogens (tertiary/aromatic N) is 3. The quantitative estimate of drug-likeness (QED) is 0.267. The van der Waals surface area contributed by atoms with Crippen LogP contribution in [-0.2, 0) is 9.47 Å². The molecule has 0 spiro atoms. The number of hydrogen-bond donors (Lipinski definition) is 0. The minimum absolute atomic E-state index is 0.244. The SMILES string of the molecule is CCCCOC(=O)c1cc2ccccc2c(Oc2ccc3nc(N4CCOCC4)sc3c2)n1. The molecule has 0 bridgehead atoms. The van der Waals surface area contributed by atoms with Gasteiger partial charge in [0.1, 0.15) is 5.75 Å². The van der Waals surface area contributed by atoms with Crippen LogP contribution in [0.3, 0.4) is 0 Å². The van der Waals surface area contributed by atoms with Crippen LogP contribution in [0.1, 0.15) is 30.3 Å². The number of aromatic nitrogens is 2. The van der Waals surface area contributed by atoms with E-state index in [9.17, 15) is 4.79 Å². The monoisotopic (exact) mass is 463 g/mol. The van der Waals surface area contributed by atoms with E-state index in [0.29, 0.717) is 18.2 Å². The summed E-state index contributed by atoms with van der Waals surface area (Å²) in [6.07, 6.45) is 1.78. The van der Waals surface area contributed by atoms with E-state index < -0.39 is 5.97 Å². The molecule has 7 nitrogen and oxygen atoms in total. The Labute approximate surface area is 195 Å². The van der Waals surface area contributed by atoms with Crippen LogP contribution in [0.4, 0.5) is 5.13 Å². The number of hydrogen-bond acceptors (Lipinski definition) is 8. The van der Waals surface area contributed by atoms with Crippen molar-refractivity contribution in [3.05, 3.63) is 54.2 Å². The third kappa shape index (κ3) is 4.77. The summed E-state index contributed by atoms with van der Waals surface area (Å²) < 4.78 is 18.0. The lowest BCUT2D eigenvalue weighted by molar-refractivity contribution is 0.0492. The van der Waals surface area contributed by atoms with Crippen LogP contribution in [-0.4, -0.2) is 48.8 Å². The molecule has 0 atom stereocenters. The maximum atomic E-state index is 12.5.